The molecule has 2 heterocycles. The van der Waals surface area contributed by atoms with Crippen molar-refractivity contribution in [2.75, 3.05) is 39.5 Å². The number of nitrogens with one attached hydrogen (secondary N) is 3. The van der Waals surface area contributed by atoms with Crippen molar-refractivity contribution >= 4 is 36.8 Å². The maximum atomic E-state index is 12.9. The van der Waals surface area contributed by atoms with Crippen molar-refractivity contribution in [3.05, 3.63) is 89.5 Å². The molecule has 260 valence electrons. The molecule has 1 fully saturated rings. The number of aryl methyl sites for hydroxylation is 2. The van der Waals surface area contributed by atoms with E-state index in [2.05, 4.69) is 59.2 Å². The third-order valence-electron chi connectivity index (χ3n) is 7.94. The Bertz CT molecular complexity index is 1400. The van der Waals surface area contributed by atoms with Crippen LogP contribution in [0.15, 0.2) is 77.0 Å². The van der Waals surface area contributed by atoms with Gasteiger partial charge in [0.2, 0.25) is 18.2 Å². The van der Waals surface area contributed by atoms with Crippen LogP contribution in [0.4, 0.5) is 5.69 Å². The Morgan fingerprint density at radius 2 is 1.88 bits per heavy atom. The van der Waals surface area contributed by atoms with Crippen LogP contribution in [0.5, 0.6) is 0 Å². The maximum absolute atomic E-state index is 12.9. The molecule has 11 nitrogen and oxygen atoms in total. The summed E-state index contributed by atoms with van der Waals surface area (Å²) in [5.41, 5.74) is 3.33. The van der Waals surface area contributed by atoms with Gasteiger partial charge in [0.15, 0.2) is 0 Å². The number of hydrogen-bond acceptors (Lipinski definition) is 8. The Labute approximate surface area is 285 Å². The molecule has 0 bridgehead atoms. The third kappa shape index (κ3) is 14.0. The molecule has 2 aromatic rings. The van der Waals surface area contributed by atoms with E-state index < -0.39 is 6.04 Å². The predicted molar refractivity (Wildman–Crippen MR) is 191 cm³/mol. The molecule has 3 unspecified atom stereocenters. The lowest BCUT2D eigenvalue weighted by molar-refractivity contribution is -0.127. The zero-order valence-electron chi connectivity index (χ0n) is 29.0. The van der Waals surface area contributed by atoms with Gasteiger partial charge in [-0.3, -0.25) is 14.4 Å². The Morgan fingerprint density at radius 1 is 1.15 bits per heavy atom. The summed E-state index contributed by atoms with van der Waals surface area (Å²) in [5.74, 6) is 0.739. The fourth-order valence-corrected chi connectivity index (χ4v) is 4.97. The summed E-state index contributed by atoms with van der Waals surface area (Å²) in [6.07, 6.45) is 19.6. The molecule has 0 saturated carbocycles. The Hall–Kier alpha value is -4.61. The maximum Gasteiger partial charge on any atom is 0.247 e. The third-order valence-corrected chi connectivity index (χ3v) is 7.94. The molecule has 11 heteroatoms. The number of carbonyl (C=O) groups is 4. The quantitative estimate of drug-likeness (QED) is 0.196. The lowest BCUT2D eigenvalue weighted by Gasteiger charge is -2.19. The zero-order valence-corrected chi connectivity index (χ0v) is 29.0. The number of benzene rings is 1. The van der Waals surface area contributed by atoms with E-state index in [4.69, 9.17) is 9.32 Å². The second kappa shape index (κ2) is 22.0. The van der Waals surface area contributed by atoms with Crippen LogP contribution in [0.2, 0.25) is 0 Å². The number of aromatic nitrogens is 1. The highest BCUT2D eigenvalue weighted by Gasteiger charge is 2.29. The zero-order chi connectivity index (χ0) is 35.3. The van der Waals surface area contributed by atoms with Gasteiger partial charge >= 0.3 is 0 Å². The first-order valence-electron chi connectivity index (χ1n) is 16.4. The molecule has 1 aliphatic heterocycles. The van der Waals surface area contributed by atoms with Crippen molar-refractivity contribution in [2.45, 2.75) is 64.5 Å². The molecule has 3 atom stereocenters. The van der Waals surface area contributed by atoms with Crippen LogP contribution in [0, 0.1) is 12.8 Å². The van der Waals surface area contributed by atoms with E-state index in [-0.39, 0.29) is 23.8 Å². The number of unbranched alkanes of at least 4 members (excludes halogenated alkanes) is 1. The minimum atomic E-state index is -0.395. The summed E-state index contributed by atoms with van der Waals surface area (Å²) in [4.78, 5) is 48.2. The van der Waals surface area contributed by atoms with Gasteiger partial charge in [0.05, 0.1) is 11.7 Å². The van der Waals surface area contributed by atoms with Crippen molar-refractivity contribution in [3.8, 4) is 0 Å². The van der Waals surface area contributed by atoms with E-state index in [0.29, 0.717) is 18.7 Å². The largest absolute Gasteiger partial charge is 0.361 e. The number of amides is 3. The second-order valence-electron chi connectivity index (χ2n) is 11.8. The van der Waals surface area contributed by atoms with E-state index in [9.17, 15) is 14.4 Å². The molecule has 3 N–H and O–H groups in total. The summed E-state index contributed by atoms with van der Waals surface area (Å²) in [5, 5.41) is 13.0. The first kappa shape index (κ1) is 39.6. The minimum Gasteiger partial charge on any atom is -0.361 e. The lowest BCUT2D eigenvalue weighted by Crippen LogP contribution is -2.42. The van der Waals surface area contributed by atoms with E-state index in [1.54, 1.807) is 11.9 Å². The first-order valence-corrected chi connectivity index (χ1v) is 16.4. The van der Waals surface area contributed by atoms with Gasteiger partial charge in [0.25, 0.3) is 0 Å². The van der Waals surface area contributed by atoms with Gasteiger partial charge in [-0.25, -0.2) is 0 Å². The monoisotopic (exact) mass is 660 g/mol. The van der Waals surface area contributed by atoms with Crippen LogP contribution >= 0.6 is 0 Å². The summed E-state index contributed by atoms with van der Waals surface area (Å²) in [6.45, 7) is 7.80. The Morgan fingerprint density at radius 3 is 2.50 bits per heavy atom. The predicted octanol–water partition coefficient (Wildman–Crippen LogP) is 4.68. The summed E-state index contributed by atoms with van der Waals surface area (Å²) >= 11 is 0. The molecule has 1 aromatic heterocycles. The average molecular weight is 661 g/mol. The topological polar surface area (TPSA) is 137 Å². The second-order valence-corrected chi connectivity index (χ2v) is 11.8. The summed E-state index contributed by atoms with van der Waals surface area (Å²) < 4.78 is 5.25. The fourth-order valence-electron chi connectivity index (χ4n) is 4.97. The molecule has 3 amide bonds. The highest BCUT2D eigenvalue weighted by molar-refractivity contribution is 5.96. The molecule has 1 aromatic carbocycles. The van der Waals surface area contributed by atoms with Gasteiger partial charge in [0, 0.05) is 36.3 Å². The van der Waals surface area contributed by atoms with Crippen molar-refractivity contribution in [1.82, 2.24) is 25.6 Å². The standard InChI is InChI=1S/C32H39N5O4.C4H11N.CH2O/c1-23-21-28(41-36-23)9-3-4-10-29(33-2)31(39)34-26-8-5-7-24(14-17-26)12-13-25-15-18-27(19-16-25)35-32(40)30-11-6-20-37(30)22-38;1-4-5(2)3;1-2/h5,7-8,12-19,21-22,24,29-30,33H,3-4,6,9-11,20H2,1-2H3,(H,34,39)(H,35,40);4H2,1-3H3;1H2/b13-12+;;. The average Bonchev–Trinajstić information content (AvgIpc) is 3.69. The smallest absolute Gasteiger partial charge is 0.247 e. The minimum absolute atomic E-state index is 0.0553. The van der Waals surface area contributed by atoms with Gasteiger partial charge in [-0.1, -0.05) is 61.0 Å². The van der Waals surface area contributed by atoms with Crippen molar-refractivity contribution in [1.29, 1.82) is 0 Å². The van der Waals surface area contributed by atoms with Crippen LogP contribution in [0.25, 0.3) is 6.08 Å². The van der Waals surface area contributed by atoms with E-state index >= 15 is 0 Å². The van der Waals surface area contributed by atoms with Crippen LogP contribution < -0.4 is 16.0 Å². The summed E-state index contributed by atoms with van der Waals surface area (Å²) in [6, 6.07) is 8.88. The SMILES string of the molecule is C=O.CCN(C)C.CNC(CCCCc1cc(C)no1)C(=O)NC1=CC=CC(/C=C/c2ccc(NC(=O)C3CCCN3C=O)cc2)C=C1. The number of anilines is 1. The van der Waals surface area contributed by atoms with Crippen LogP contribution in [-0.4, -0.2) is 86.3 Å². The van der Waals surface area contributed by atoms with Gasteiger partial charge in [-0.15, -0.1) is 0 Å². The molecule has 4 rings (SSSR count). The molecular formula is C37H52N6O5. The lowest BCUT2D eigenvalue weighted by atomic mass is 10.1. The van der Waals surface area contributed by atoms with E-state index in [1.165, 1.54) is 0 Å². The molecule has 1 saturated heterocycles. The summed E-state index contributed by atoms with van der Waals surface area (Å²) in [7, 11) is 5.92. The molecule has 48 heavy (non-hydrogen) atoms. The molecule has 0 spiro atoms. The van der Waals surface area contributed by atoms with Gasteiger partial charge in [0.1, 0.15) is 18.6 Å². The Kier molecular flexibility index (Phi) is 18.2. The van der Waals surface area contributed by atoms with Crippen LogP contribution in [0.3, 0.4) is 0 Å². The number of nitrogens with zero attached hydrogens (tertiary/aromatic N) is 3. The number of hydrogen-bond donors (Lipinski definition) is 3. The van der Waals surface area contributed by atoms with Crippen molar-refractivity contribution in [2.24, 2.45) is 5.92 Å². The molecule has 0 radical (unpaired) electrons. The number of carbonyl (C=O) groups excluding carboxylic acids is 4. The first-order chi connectivity index (χ1) is 23.2. The van der Waals surface area contributed by atoms with Gasteiger partial charge in [-0.05, 0) is 90.1 Å². The number of likely N-dealkylation sites (N-methyl/N-ethyl adjacent to an activating group) is 1. The highest BCUT2D eigenvalue weighted by atomic mass is 16.5. The Balaban J connectivity index is 0.00000105. The van der Waals surface area contributed by atoms with Crippen molar-refractivity contribution in [3.63, 3.8) is 0 Å². The fraction of sp³-hybridized carbons (Fsp3) is 0.432. The molecular weight excluding hydrogens is 608 g/mol. The highest BCUT2D eigenvalue weighted by Crippen LogP contribution is 2.19. The van der Waals surface area contributed by atoms with Gasteiger partial charge in [-0.2, -0.15) is 0 Å². The number of allylic oxidation sites excluding steroid dienone is 6. The van der Waals surface area contributed by atoms with E-state index in [1.807, 2.05) is 74.4 Å². The van der Waals surface area contributed by atoms with E-state index in [0.717, 1.165) is 67.8 Å². The molecule has 1 aliphatic carbocycles. The van der Waals surface area contributed by atoms with Gasteiger partial charge < -0.3 is 35.1 Å². The number of rotatable bonds is 14. The van der Waals surface area contributed by atoms with Crippen LogP contribution in [0.1, 0.15) is 56.0 Å². The van der Waals surface area contributed by atoms with Crippen LogP contribution in [-0.2, 0) is 25.6 Å². The number of likely N-dealkylation sites (tertiary alicyclic amines) is 1. The molecule has 2 aliphatic rings. The normalized spacial score (nSPS) is 17.5. The van der Waals surface area contributed by atoms with Crippen molar-refractivity contribution < 1.29 is 23.7 Å².